The summed E-state index contributed by atoms with van der Waals surface area (Å²) in [6.45, 7) is 4.93. The maximum Gasteiger partial charge on any atom is 0.416 e. The summed E-state index contributed by atoms with van der Waals surface area (Å²) in [7, 11) is 1.20. The van der Waals surface area contributed by atoms with Crippen molar-refractivity contribution in [3.8, 4) is 0 Å². The Balaban J connectivity index is 2.80. The van der Waals surface area contributed by atoms with Gasteiger partial charge in [-0.2, -0.15) is 13.2 Å². The maximum absolute atomic E-state index is 13.6. The van der Waals surface area contributed by atoms with Gasteiger partial charge in [-0.15, -0.1) is 0 Å². The van der Waals surface area contributed by atoms with Crippen LogP contribution in [0.15, 0.2) is 54.6 Å². The summed E-state index contributed by atoms with van der Waals surface area (Å²) in [4.78, 5) is 13.1. The molecule has 3 nitrogen and oxygen atoms in total. The summed E-state index contributed by atoms with van der Waals surface area (Å²) < 4.78 is 51.8. The van der Waals surface area contributed by atoms with Gasteiger partial charge >= 0.3 is 12.1 Å². The fourth-order valence-corrected chi connectivity index (χ4v) is 2.75. The molecule has 26 heavy (non-hydrogen) atoms. The van der Waals surface area contributed by atoms with Crippen LogP contribution in [-0.4, -0.2) is 18.7 Å². The number of rotatable bonds is 4. The molecule has 1 atom stereocenters. The highest BCUT2D eigenvalue weighted by molar-refractivity contribution is 5.86. The molecule has 6 heteroatoms. The molecule has 0 radical (unpaired) electrons. The molecule has 2 aromatic rings. The highest BCUT2D eigenvalue weighted by atomic mass is 19.4. The first-order valence-corrected chi connectivity index (χ1v) is 8.03. The van der Waals surface area contributed by atoms with Crippen molar-refractivity contribution in [2.75, 3.05) is 7.11 Å². The Bertz CT molecular complexity index is 764. The third-order valence-electron chi connectivity index (χ3n) is 3.78. The number of methoxy groups -OCH3 is 1. The molecule has 0 bridgehead atoms. The lowest BCUT2D eigenvalue weighted by Gasteiger charge is -2.35. The first-order valence-electron chi connectivity index (χ1n) is 8.03. The van der Waals surface area contributed by atoms with E-state index < -0.39 is 28.9 Å². The van der Waals surface area contributed by atoms with Gasteiger partial charge in [0.1, 0.15) is 5.60 Å². The highest BCUT2D eigenvalue weighted by Gasteiger charge is 2.50. The van der Waals surface area contributed by atoms with Gasteiger partial charge in [0, 0.05) is 12.7 Å². The van der Waals surface area contributed by atoms with Crippen molar-refractivity contribution >= 4 is 5.97 Å². The zero-order valence-electron chi connectivity index (χ0n) is 15.1. The molecule has 0 saturated carbocycles. The second-order valence-corrected chi connectivity index (χ2v) is 6.80. The Labute approximate surface area is 150 Å². The van der Waals surface area contributed by atoms with E-state index in [2.05, 4.69) is 0 Å². The van der Waals surface area contributed by atoms with Gasteiger partial charge in [-0.05, 0) is 32.4 Å². The largest absolute Gasteiger partial charge is 0.457 e. The minimum atomic E-state index is -4.66. The van der Waals surface area contributed by atoms with Gasteiger partial charge < -0.3 is 9.47 Å². The molecular weight excluding hydrogens is 345 g/mol. The number of carbonyl (C=O) groups excluding carboxylic acids is 1. The van der Waals surface area contributed by atoms with E-state index in [1.807, 2.05) is 0 Å². The van der Waals surface area contributed by atoms with E-state index in [0.29, 0.717) is 0 Å². The third kappa shape index (κ3) is 3.90. The first kappa shape index (κ1) is 20.0. The van der Waals surface area contributed by atoms with Crippen LogP contribution >= 0.6 is 0 Å². The van der Waals surface area contributed by atoms with Crippen LogP contribution in [0.25, 0.3) is 0 Å². The lowest BCUT2D eigenvalue weighted by molar-refractivity contribution is -0.178. The lowest BCUT2D eigenvalue weighted by Crippen LogP contribution is -2.45. The Kier molecular flexibility index (Phi) is 5.47. The Hall–Kier alpha value is -2.34. The maximum atomic E-state index is 13.6. The standard InChI is InChI=1S/C20H21F3O3/c1-18(2,3)26-17(24)19(25-4,14-10-6-5-7-11-14)15-12-8-9-13-16(15)20(21,22)23/h5-13H,1-4H3. The number of alkyl halides is 3. The molecule has 0 amide bonds. The third-order valence-corrected chi connectivity index (χ3v) is 3.78. The van der Waals surface area contributed by atoms with Crippen LogP contribution in [0.5, 0.6) is 0 Å². The van der Waals surface area contributed by atoms with E-state index in [-0.39, 0.29) is 11.1 Å². The minimum absolute atomic E-state index is 0.258. The molecule has 0 aliphatic rings. The average molecular weight is 366 g/mol. The number of benzene rings is 2. The van der Waals surface area contributed by atoms with Crippen LogP contribution in [0.3, 0.4) is 0 Å². The molecule has 2 aromatic carbocycles. The average Bonchev–Trinajstić information content (AvgIpc) is 2.55. The van der Waals surface area contributed by atoms with Crippen molar-refractivity contribution in [3.63, 3.8) is 0 Å². The smallest absolute Gasteiger partial charge is 0.416 e. The number of esters is 1. The van der Waals surface area contributed by atoms with Crippen molar-refractivity contribution < 1.29 is 27.4 Å². The molecule has 0 spiro atoms. The number of ether oxygens (including phenoxy) is 2. The van der Waals surface area contributed by atoms with Gasteiger partial charge in [-0.1, -0.05) is 48.5 Å². The van der Waals surface area contributed by atoms with Gasteiger partial charge in [0.2, 0.25) is 5.60 Å². The Morgan fingerprint density at radius 3 is 1.81 bits per heavy atom. The van der Waals surface area contributed by atoms with Crippen LogP contribution in [0.2, 0.25) is 0 Å². The number of hydrogen-bond acceptors (Lipinski definition) is 3. The molecule has 0 aliphatic carbocycles. The van der Waals surface area contributed by atoms with Crippen molar-refractivity contribution in [2.24, 2.45) is 0 Å². The summed E-state index contributed by atoms with van der Waals surface area (Å²) in [5.41, 5.74) is -3.94. The van der Waals surface area contributed by atoms with Crippen molar-refractivity contribution in [3.05, 3.63) is 71.3 Å². The van der Waals surface area contributed by atoms with Gasteiger partial charge in [0.05, 0.1) is 5.56 Å². The lowest BCUT2D eigenvalue weighted by atomic mass is 9.83. The molecule has 0 heterocycles. The molecule has 0 aliphatic heterocycles. The van der Waals surface area contributed by atoms with E-state index in [1.165, 1.54) is 25.3 Å². The quantitative estimate of drug-likeness (QED) is 0.719. The summed E-state index contributed by atoms with van der Waals surface area (Å²) in [5.74, 6) is -0.907. The van der Waals surface area contributed by atoms with Crippen LogP contribution < -0.4 is 0 Å². The fourth-order valence-electron chi connectivity index (χ4n) is 2.75. The van der Waals surface area contributed by atoms with Crippen LogP contribution in [-0.2, 0) is 26.0 Å². The van der Waals surface area contributed by atoms with Crippen molar-refractivity contribution in [1.82, 2.24) is 0 Å². The highest BCUT2D eigenvalue weighted by Crippen LogP contribution is 2.42. The van der Waals surface area contributed by atoms with Gasteiger partial charge in [-0.25, -0.2) is 4.79 Å². The normalized spacial score (nSPS) is 14.6. The van der Waals surface area contributed by atoms with Gasteiger partial charge in [0.15, 0.2) is 0 Å². The summed E-state index contributed by atoms with van der Waals surface area (Å²) in [6, 6.07) is 12.9. The zero-order chi connectivity index (χ0) is 19.6. The molecule has 140 valence electrons. The van der Waals surface area contributed by atoms with E-state index in [9.17, 15) is 18.0 Å². The molecule has 1 unspecified atom stereocenters. The van der Waals surface area contributed by atoms with E-state index in [4.69, 9.17) is 9.47 Å². The number of hydrogen-bond donors (Lipinski definition) is 0. The first-order chi connectivity index (χ1) is 12.0. The van der Waals surface area contributed by atoms with Crippen molar-refractivity contribution in [2.45, 2.75) is 38.1 Å². The Morgan fingerprint density at radius 2 is 1.35 bits per heavy atom. The van der Waals surface area contributed by atoms with Crippen molar-refractivity contribution in [1.29, 1.82) is 0 Å². The predicted molar refractivity (Wildman–Crippen MR) is 91.5 cm³/mol. The van der Waals surface area contributed by atoms with E-state index >= 15 is 0 Å². The van der Waals surface area contributed by atoms with Gasteiger partial charge in [0.25, 0.3) is 0 Å². The molecule has 2 rings (SSSR count). The van der Waals surface area contributed by atoms with Gasteiger partial charge in [-0.3, -0.25) is 0 Å². The second kappa shape index (κ2) is 7.11. The molecule has 0 N–H and O–H groups in total. The molecule has 0 saturated heterocycles. The van der Waals surface area contributed by atoms with E-state index in [1.54, 1.807) is 51.1 Å². The van der Waals surface area contributed by atoms with E-state index in [0.717, 1.165) is 6.07 Å². The topological polar surface area (TPSA) is 35.5 Å². The zero-order valence-corrected chi connectivity index (χ0v) is 15.1. The fraction of sp³-hybridized carbons (Fsp3) is 0.350. The SMILES string of the molecule is COC(C(=O)OC(C)(C)C)(c1ccccc1)c1ccccc1C(F)(F)F. The number of halogens is 3. The van der Waals surface area contributed by atoms with Crippen LogP contribution in [0.1, 0.15) is 37.5 Å². The molecule has 0 fully saturated rings. The number of carbonyl (C=O) groups is 1. The van der Waals surface area contributed by atoms with Crippen LogP contribution in [0, 0.1) is 0 Å². The summed E-state index contributed by atoms with van der Waals surface area (Å²) in [6.07, 6.45) is -4.66. The van der Waals surface area contributed by atoms with Crippen LogP contribution in [0.4, 0.5) is 13.2 Å². The summed E-state index contributed by atoms with van der Waals surface area (Å²) >= 11 is 0. The Morgan fingerprint density at radius 1 is 0.846 bits per heavy atom. The molecule has 0 aromatic heterocycles. The predicted octanol–water partition coefficient (Wildman–Crippen LogP) is 4.94. The second-order valence-electron chi connectivity index (χ2n) is 6.80. The molecular formula is C20H21F3O3. The monoisotopic (exact) mass is 366 g/mol. The minimum Gasteiger partial charge on any atom is -0.457 e. The summed E-state index contributed by atoms with van der Waals surface area (Å²) in [5, 5.41) is 0.